The number of benzene rings is 2. The third-order valence-electron chi connectivity index (χ3n) is 5.78. The van der Waals surface area contributed by atoms with Crippen molar-refractivity contribution in [1.29, 1.82) is 0 Å². The van der Waals surface area contributed by atoms with Gasteiger partial charge in [-0.1, -0.05) is 32.9 Å². The van der Waals surface area contributed by atoms with E-state index in [-0.39, 0.29) is 11.2 Å². The number of hydrogen-bond donors (Lipinski definition) is 1. The summed E-state index contributed by atoms with van der Waals surface area (Å²) in [6.45, 7) is 7.22. The average Bonchev–Trinajstić information content (AvgIpc) is 3.37. The van der Waals surface area contributed by atoms with Crippen LogP contribution in [0.2, 0.25) is 0 Å². The predicted octanol–water partition coefficient (Wildman–Crippen LogP) is 5.49. The van der Waals surface area contributed by atoms with Gasteiger partial charge in [0.15, 0.2) is 0 Å². The van der Waals surface area contributed by atoms with Crippen molar-refractivity contribution in [2.24, 2.45) is 0 Å². The maximum atomic E-state index is 13.6. The number of hydrogen-bond acceptors (Lipinski definition) is 3. The molecule has 5 aromatic rings. The van der Waals surface area contributed by atoms with Gasteiger partial charge in [-0.25, -0.2) is 4.98 Å². The molecule has 0 unspecified atom stereocenters. The van der Waals surface area contributed by atoms with E-state index in [1.165, 1.54) is 5.56 Å². The van der Waals surface area contributed by atoms with Crippen molar-refractivity contribution in [2.75, 3.05) is 0 Å². The van der Waals surface area contributed by atoms with E-state index >= 15 is 0 Å². The van der Waals surface area contributed by atoms with E-state index in [2.05, 4.69) is 58.5 Å². The number of carbonyl (C=O) groups excluding carboxylic acids is 1. The number of ketones is 1. The van der Waals surface area contributed by atoms with Gasteiger partial charge in [0, 0.05) is 35.4 Å². The number of fused-ring (bicyclic) bond motifs is 2. The molecular weight excluding hydrogens is 384 g/mol. The average molecular weight is 409 g/mol. The Hall–Kier alpha value is -3.73. The molecule has 5 nitrogen and oxygen atoms in total. The molecular formula is C26H24N4O. The second-order valence-corrected chi connectivity index (χ2v) is 8.96. The molecule has 0 aliphatic carbocycles. The first-order chi connectivity index (χ1) is 14.9. The minimum atomic E-state index is -0.000866. The summed E-state index contributed by atoms with van der Waals surface area (Å²) in [6, 6.07) is 18.1. The zero-order chi connectivity index (χ0) is 21.6. The third kappa shape index (κ3) is 3.52. The number of rotatable bonds is 4. The first-order valence-corrected chi connectivity index (χ1v) is 10.4. The molecule has 1 N–H and O–H groups in total. The number of imidazole rings is 1. The van der Waals surface area contributed by atoms with Crippen molar-refractivity contribution in [2.45, 2.75) is 32.7 Å². The lowest BCUT2D eigenvalue weighted by Crippen LogP contribution is -2.13. The second kappa shape index (κ2) is 7.20. The minimum Gasteiger partial charge on any atom is -0.345 e. The SMILES string of the molecule is CC(C)(C)c1ccc2cc(C(=O)c3ccc4nc[nH]c4c3)n(Cc3ccncc3)c2c1. The fourth-order valence-electron chi connectivity index (χ4n) is 3.97. The number of aromatic nitrogens is 4. The van der Waals surface area contributed by atoms with Crippen molar-refractivity contribution in [3.05, 3.63) is 95.7 Å². The zero-order valence-corrected chi connectivity index (χ0v) is 17.9. The van der Waals surface area contributed by atoms with E-state index in [9.17, 15) is 4.79 Å². The van der Waals surface area contributed by atoms with Crippen LogP contribution in [0.4, 0.5) is 0 Å². The van der Waals surface area contributed by atoms with E-state index in [0.717, 1.165) is 27.5 Å². The maximum Gasteiger partial charge on any atom is 0.209 e. The molecule has 3 aromatic heterocycles. The Morgan fingerprint density at radius 1 is 1.00 bits per heavy atom. The molecule has 0 aliphatic rings. The Balaban J connectivity index is 1.68. The van der Waals surface area contributed by atoms with Crippen molar-refractivity contribution in [3.8, 4) is 0 Å². The Morgan fingerprint density at radius 3 is 2.58 bits per heavy atom. The van der Waals surface area contributed by atoms with Crippen LogP contribution < -0.4 is 0 Å². The van der Waals surface area contributed by atoms with Crippen LogP contribution in [0, 0.1) is 0 Å². The number of pyridine rings is 1. The van der Waals surface area contributed by atoms with E-state index in [4.69, 9.17) is 0 Å². The summed E-state index contributed by atoms with van der Waals surface area (Å²) >= 11 is 0. The molecule has 2 aromatic carbocycles. The van der Waals surface area contributed by atoms with Gasteiger partial charge < -0.3 is 9.55 Å². The molecule has 31 heavy (non-hydrogen) atoms. The summed E-state index contributed by atoms with van der Waals surface area (Å²) in [4.78, 5) is 25.1. The van der Waals surface area contributed by atoms with Gasteiger partial charge in [0.1, 0.15) is 0 Å². The highest BCUT2D eigenvalue weighted by molar-refractivity contribution is 6.11. The number of carbonyl (C=O) groups is 1. The van der Waals surface area contributed by atoms with E-state index < -0.39 is 0 Å². The summed E-state index contributed by atoms with van der Waals surface area (Å²) in [5.74, 6) is -0.000866. The van der Waals surface area contributed by atoms with Gasteiger partial charge >= 0.3 is 0 Å². The molecule has 5 rings (SSSR count). The molecule has 154 valence electrons. The number of nitrogens with zero attached hydrogens (tertiary/aromatic N) is 3. The van der Waals surface area contributed by atoms with Crippen LogP contribution in [0.15, 0.2) is 73.3 Å². The Kier molecular flexibility index (Phi) is 4.47. The van der Waals surface area contributed by atoms with Crippen LogP contribution in [0.25, 0.3) is 21.9 Å². The van der Waals surface area contributed by atoms with Gasteiger partial charge in [-0.2, -0.15) is 0 Å². The lowest BCUT2D eigenvalue weighted by Gasteiger charge is -2.19. The molecule has 0 radical (unpaired) electrons. The summed E-state index contributed by atoms with van der Waals surface area (Å²) < 4.78 is 2.12. The third-order valence-corrected chi connectivity index (χ3v) is 5.78. The highest BCUT2D eigenvalue weighted by Gasteiger charge is 2.21. The maximum absolute atomic E-state index is 13.6. The molecule has 0 fully saturated rings. The lowest BCUT2D eigenvalue weighted by atomic mass is 9.87. The topological polar surface area (TPSA) is 63.6 Å². The van der Waals surface area contributed by atoms with Gasteiger partial charge in [-0.15, -0.1) is 0 Å². The molecule has 0 aliphatic heterocycles. The molecule has 0 spiro atoms. The standard InChI is InChI=1S/C26H24N4O/c1-26(2,3)20-6-4-18-13-24(25(31)19-5-7-21-22(12-19)29-16-28-21)30(23(18)14-20)15-17-8-10-27-11-9-17/h4-14,16H,15H2,1-3H3,(H,28,29). The van der Waals surface area contributed by atoms with Gasteiger partial charge in [-0.05, 0) is 59.0 Å². The number of H-pyrrole nitrogens is 1. The van der Waals surface area contributed by atoms with Gasteiger partial charge in [0.05, 0.1) is 23.1 Å². The Morgan fingerprint density at radius 2 is 1.81 bits per heavy atom. The van der Waals surface area contributed by atoms with Crippen molar-refractivity contribution in [1.82, 2.24) is 19.5 Å². The highest BCUT2D eigenvalue weighted by atomic mass is 16.1. The summed E-state index contributed by atoms with van der Waals surface area (Å²) in [7, 11) is 0. The van der Waals surface area contributed by atoms with E-state index in [0.29, 0.717) is 17.8 Å². The van der Waals surface area contributed by atoms with Crippen molar-refractivity contribution >= 4 is 27.7 Å². The largest absolute Gasteiger partial charge is 0.345 e. The van der Waals surface area contributed by atoms with Gasteiger partial charge in [0.2, 0.25) is 5.78 Å². The first-order valence-electron chi connectivity index (χ1n) is 10.4. The summed E-state index contributed by atoms with van der Waals surface area (Å²) in [5.41, 5.74) is 6.47. The molecule has 0 amide bonds. The monoisotopic (exact) mass is 408 g/mol. The number of nitrogens with one attached hydrogen (secondary N) is 1. The molecule has 0 saturated heterocycles. The van der Waals surface area contributed by atoms with Crippen LogP contribution in [-0.4, -0.2) is 25.3 Å². The van der Waals surface area contributed by atoms with Crippen molar-refractivity contribution in [3.63, 3.8) is 0 Å². The van der Waals surface area contributed by atoms with E-state index in [1.54, 1.807) is 18.7 Å². The minimum absolute atomic E-state index is 0.000866. The zero-order valence-electron chi connectivity index (χ0n) is 17.9. The van der Waals surface area contributed by atoms with Gasteiger partial charge in [-0.3, -0.25) is 9.78 Å². The van der Waals surface area contributed by atoms with Crippen LogP contribution >= 0.6 is 0 Å². The van der Waals surface area contributed by atoms with E-state index in [1.807, 2.05) is 36.4 Å². The quantitative estimate of drug-likeness (QED) is 0.400. The number of aromatic amines is 1. The van der Waals surface area contributed by atoms with Gasteiger partial charge in [0.25, 0.3) is 0 Å². The predicted molar refractivity (Wildman–Crippen MR) is 124 cm³/mol. The van der Waals surface area contributed by atoms with Crippen LogP contribution in [0.3, 0.4) is 0 Å². The Bertz CT molecular complexity index is 1400. The smallest absolute Gasteiger partial charge is 0.209 e. The summed E-state index contributed by atoms with van der Waals surface area (Å²) in [6.07, 6.45) is 5.22. The first kappa shape index (κ1) is 19.2. The van der Waals surface area contributed by atoms with Crippen LogP contribution in [0.5, 0.6) is 0 Å². The molecule has 0 bridgehead atoms. The molecule has 0 atom stereocenters. The van der Waals surface area contributed by atoms with Crippen LogP contribution in [-0.2, 0) is 12.0 Å². The molecule has 5 heteroatoms. The molecule has 3 heterocycles. The lowest BCUT2D eigenvalue weighted by molar-refractivity contribution is 0.103. The fraction of sp³-hybridized carbons (Fsp3) is 0.192. The summed E-state index contributed by atoms with van der Waals surface area (Å²) in [5, 5.41) is 1.06. The Labute approximate surface area is 180 Å². The van der Waals surface area contributed by atoms with Crippen molar-refractivity contribution < 1.29 is 4.79 Å². The van der Waals surface area contributed by atoms with Crippen LogP contribution in [0.1, 0.15) is 48.0 Å². The normalized spacial score (nSPS) is 12.0. The fourth-order valence-corrected chi connectivity index (χ4v) is 3.97. The molecule has 0 saturated carbocycles. The highest BCUT2D eigenvalue weighted by Crippen LogP contribution is 2.30. The second-order valence-electron chi connectivity index (χ2n) is 8.96.